The Balaban J connectivity index is 2.07. The van der Waals surface area contributed by atoms with Crippen LogP contribution in [0.25, 0.3) is 10.9 Å². The van der Waals surface area contributed by atoms with E-state index in [9.17, 15) is 0 Å². The Bertz CT molecular complexity index is 784. The van der Waals surface area contributed by atoms with Gasteiger partial charge in [0.15, 0.2) is 0 Å². The smallest absolute Gasteiger partial charge is 0.0737 e. The lowest BCUT2D eigenvalue weighted by Gasteiger charge is -2.15. The quantitative estimate of drug-likeness (QED) is 0.740. The fraction of sp³-hybridized carbons (Fsp3) is 0.118. The number of nitrogens with two attached hydrogens (primary N) is 1. The molecule has 0 aliphatic rings. The minimum absolute atomic E-state index is 0.0313. The number of benzene rings is 2. The van der Waals surface area contributed by atoms with Crippen LogP contribution < -0.4 is 11.1 Å². The molecule has 106 valence electrons. The summed E-state index contributed by atoms with van der Waals surface area (Å²) in [5.41, 5.74) is 9.98. The van der Waals surface area contributed by atoms with E-state index in [1.165, 1.54) is 0 Å². The van der Waals surface area contributed by atoms with E-state index in [-0.39, 0.29) is 6.04 Å². The first-order valence-corrected chi connectivity index (χ1v) is 7.19. The van der Waals surface area contributed by atoms with Gasteiger partial charge in [0.05, 0.1) is 5.52 Å². The van der Waals surface area contributed by atoms with Gasteiger partial charge < -0.3 is 11.1 Å². The molecule has 3 nitrogen and oxygen atoms in total. The van der Waals surface area contributed by atoms with Crippen LogP contribution in [0.1, 0.15) is 18.5 Å². The Labute approximate surface area is 128 Å². The number of hydrogen-bond donors (Lipinski definition) is 2. The summed E-state index contributed by atoms with van der Waals surface area (Å²) in [5.74, 6) is 0. The van der Waals surface area contributed by atoms with Crippen molar-refractivity contribution >= 4 is 33.9 Å². The SMILES string of the molecule is CC(N)c1ccccc1Nc1ccnc2cc(Cl)ccc12. The molecule has 0 bridgehead atoms. The first-order chi connectivity index (χ1) is 10.1. The predicted octanol–water partition coefficient (Wildman–Crippen LogP) is 4.65. The van der Waals surface area contributed by atoms with Crippen molar-refractivity contribution in [2.24, 2.45) is 5.73 Å². The summed E-state index contributed by atoms with van der Waals surface area (Å²) in [4.78, 5) is 4.35. The van der Waals surface area contributed by atoms with Crippen LogP contribution in [0.4, 0.5) is 11.4 Å². The van der Waals surface area contributed by atoms with Crippen LogP contribution >= 0.6 is 11.6 Å². The average Bonchev–Trinajstić information content (AvgIpc) is 2.47. The van der Waals surface area contributed by atoms with E-state index in [4.69, 9.17) is 17.3 Å². The molecule has 4 heteroatoms. The Hall–Kier alpha value is -2.10. The molecule has 1 heterocycles. The van der Waals surface area contributed by atoms with Crippen molar-refractivity contribution < 1.29 is 0 Å². The predicted molar refractivity (Wildman–Crippen MR) is 89.1 cm³/mol. The van der Waals surface area contributed by atoms with E-state index in [0.29, 0.717) is 5.02 Å². The molecule has 0 radical (unpaired) electrons. The standard InChI is InChI=1S/C17H16ClN3/c1-11(19)13-4-2-3-5-15(13)21-16-8-9-20-17-10-12(18)6-7-14(16)17/h2-11H,19H2,1H3,(H,20,21). The van der Waals surface area contributed by atoms with Crippen LogP contribution in [-0.4, -0.2) is 4.98 Å². The van der Waals surface area contributed by atoms with Gasteiger partial charge in [-0.3, -0.25) is 4.98 Å². The van der Waals surface area contributed by atoms with Gasteiger partial charge in [-0.05, 0) is 42.8 Å². The lowest BCUT2D eigenvalue weighted by molar-refractivity contribution is 0.820. The number of nitrogens with one attached hydrogen (secondary N) is 1. The van der Waals surface area contributed by atoms with Gasteiger partial charge in [0.25, 0.3) is 0 Å². The molecule has 0 amide bonds. The van der Waals surface area contributed by atoms with Crippen molar-refractivity contribution in [3.63, 3.8) is 0 Å². The summed E-state index contributed by atoms with van der Waals surface area (Å²) >= 11 is 6.02. The Kier molecular flexibility index (Phi) is 3.78. The van der Waals surface area contributed by atoms with Gasteiger partial charge in [0, 0.05) is 34.0 Å². The molecule has 0 saturated carbocycles. The second-order valence-corrected chi connectivity index (χ2v) is 5.46. The molecule has 1 atom stereocenters. The number of pyridine rings is 1. The van der Waals surface area contributed by atoms with Crippen LogP contribution in [0.5, 0.6) is 0 Å². The van der Waals surface area contributed by atoms with E-state index in [2.05, 4.69) is 10.3 Å². The van der Waals surface area contributed by atoms with Crippen molar-refractivity contribution in [2.45, 2.75) is 13.0 Å². The maximum atomic E-state index is 6.03. The number of halogens is 1. The fourth-order valence-corrected chi connectivity index (χ4v) is 2.55. The van der Waals surface area contributed by atoms with Crippen LogP contribution in [-0.2, 0) is 0 Å². The van der Waals surface area contributed by atoms with Gasteiger partial charge in [0.2, 0.25) is 0 Å². The molecule has 2 aromatic carbocycles. The highest BCUT2D eigenvalue weighted by Gasteiger charge is 2.08. The molecule has 21 heavy (non-hydrogen) atoms. The van der Waals surface area contributed by atoms with Gasteiger partial charge in [-0.15, -0.1) is 0 Å². The average molecular weight is 298 g/mol. The van der Waals surface area contributed by atoms with Crippen molar-refractivity contribution in [3.05, 3.63) is 65.3 Å². The molecule has 0 aliphatic heterocycles. The largest absolute Gasteiger partial charge is 0.355 e. The fourth-order valence-electron chi connectivity index (χ4n) is 2.38. The molecule has 0 saturated heterocycles. The summed E-state index contributed by atoms with van der Waals surface area (Å²) in [6.45, 7) is 1.98. The molecule has 0 spiro atoms. The normalized spacial score (nSPS) is 12.3. The monoisotopic (exact) mass is 297 g/mol. The Morgan fingerprint density at radius 3 is 2.71 bits per heavy atom. The molecule has 1 unspecified atom stereocenters. The molecular weight excluding hydrogens is 282 g/mol. The zero-order valence-corrected chi connectivity index (χ0v) is 12.4. The summed E-state index contributed by atoms with van der Waals surface area (Å²) < 4.78 is 0. The number of rotatable bonds is 3. The molecule has 3 rings (SSSR count). The van der Waals surface area contributed by atoms with Gasteiger partial charge in [-0.2, -0.15) is 0 Å². The third kappa shape index (κ3) is 2.84. The summed E-state index contributed by atoms with van der Waals surface area (Å²) in [7, 11) is 0. The van der Waals surface area contributed by atoms with Crippen molar-refractivity contribution in [3.8, 4) is 0 Å². The minimum atomic E-state index is -0.0313. The summed E-state index contributed by atoms with van der Waals surface area (Å²) in [5, 5.41) is 5.17. The highest BCUT2D eigenvalue weighted by molar-refractivity contribution is 6.31. The lowest BCUT2D eigenvalue weighted by Crippen LogP contribution is -2.08. The first kappa shape index (κ1) is 13.9. The topological polar surface area (TPSA) is 50.9 Å². The summed E-state index contributed by atoms with van der Waals surface area (Å²) in [6.07, 6.45) is 1.77. The van der Waals surface area contributed by atoms with Crippen molar-refractivity contribution in [2.75, 3.05) is 5.32 Å². The van der Waals surface area contributed by atoms with Gasteiger partial charge in [-0.25, -0.2) is 0 Å². The van der Waals surface area contributed by atoms with Crippen LogP contribution in [0.3, 0.4) is 0 Å². The molecular formula is C17H16ClN3. The molecule has 0 aliphatic carbocycles. The van der Waals surface area contributed by atoms with Crippen molar-refractivity contribution in [1.29, 1.82) is 0 Å². The van der Waals surface area contributed by atoms with E-state index < -0.39 is 0 Å². The number of fused-ring (bicyclic) bond motifs is 1. The second-order valence-electron chi connectivity index (χ2n) is 5.02. The maximum Gasteiger partial charge on any atom is 0.0737 e. The van der Waals surface area contributed by atoms with Crippen LogP contribution in [0.15, 0.2) is 54.7 Å². The van der Waals surface area contributed by atoms with E-state index in [1.54, 1.807) is 6.20 Å². The number of aromatic nitrogens is 1. The highest BCUT2D eigenvalue weighted by atomic mass is 35.5. The number of nitrogens with zero attached hydrogens (tertiary/aromatic N) is 1. The summed E-state index contributed by atoms with van der Waals surface area (Å²) in [6, 6.07) is 15.7. The third-order valence-electron chi connectivity index (χ3n) is 3.43. The molecule has 3 aromatic rings. The van der Waals surface area contributed by atoms with Gasteiger partial charge in [0.1, 0.15) is 0 Å². The second kappa shape index (κ2) is 5.72. The van der Waals surface area contributed by atoms with Gasteiger partial charge >= 0.3 is 0 Å². The number of para-hydroxylation sites is 1. The third-order valence-corrected chi connectivity index (χ3v) is 3.66. The van der Waals surface area contributed by atoms with E-state index >= 15 is 0 Å². The van der Waals surface area contributed by atoms with Gasteiger partial charge in [-0.1, -0.05) is 29.8 Å². The van der Waals surface area contributed by atoms with Crippen LogP contribution in [0.2, 0.25) is 5.02 Å². The van der Waals surface area contributed by atoms with E-state index in [0.717, 1.165) is 27.8 Å². The molecule has 0 fully saturated rings. The Morgan fingerprint density at radius 1 is 1.10 bits per heavy atom. The number of hydrogen-bond acceptors (Lipinski definition) is 3. The first-order valence-electron chi connectivity index (χ1n) is 6.81. The van der Waals surface area contributed by atoms with Crippen molar-refractivity contribution in [1.82, 2.24) is 4.98 Å². The number of anilines is 2. The molecule has 1 aromatic heterocycles. The maximum absolute atomic E-state index is 6.03. The highest BCUT2D eigenvalue weighted by Crippen LogP contribution is 2.29. The zero-order valence-electron chi connectivity index (χ0n) is 11.7. The molecule has 3 N–H and O–H groups in total. The minimum Gasteiger partial charge on any atom is -0.355 e. The van der Waals surface area contributed by atoms with E-state index in [1.807, 2.05) is 55.5 Å². The zero-order chi connectivity index (χ0) is 14.8. The lowest BCUT2D eigenvalue weighted by atomic mass is 10.1. The van der Waals surface area contributed by atoms with Crippen LogP contribution in [0, 0.1) is 0 Å². The Morgan fingerprint density at radius 2 is 1.90 bits per heavy atom.